The molecule has 1 aliphatic heterocycles. The van der Waals surface area contributed by atoms with Crippen molar-refractivity contribution in [1.82, 2.24) is 9.99 Å². The Labute approximate surface area is 126 Å². The highest BCUT2D eigenvalue weighted by Crippen LogP contribution is 2.43. The highest BCUT2D eigenvalue weighted by molar-refractivity contribution is 5.97. The number of amides is 1. The maximum Gasteiger partial charge on any atom is 0.527 e. The van der Waals surface area contributed by atoms with Gasteiger partial charge in [-0.15, -0.1) is 13.2 Å². The summed E-state index contributed by atoms with van der Waals surface area (Å²) >= 11 is 0. The number of hydrogen-bond acceptors (Lipinski definition) is 5. The third-order valence-corrected chi connectivity index (χ3v) is 2.93. The number of aromatic nitrogens is 1. The summed E-state index contributed by atoms with van der Waals surface area (Å²) in [6.07, 6.45) is -9.58. The Hall–Kier alpha value is -2.14. The predicted molar refractivity (Wildman–Crippen MR) is 65.2 cm³/mol. The van der Waals surface area contributed by atoms with Crippen LogP contribution in [0.1, 0.15) is 23.7 Å². The fourth-order valence-electron chi connectivity index (χ4n) is 2.00. The Morgan fingerprint density at radius 2 is 2.04 bits per heavy atom. The van der Waals surface area contributed by atoms with Crippen molar-refractivity contribution in [3.05, 3.63) is 30.1 Å². The first-order valence-electron chi connectivity index (χ1n) is 6.12. The van der Waals surface area contributed by atoms with E-state index in [1.165, 1.54) is 25.3 Å². The minimum Gasteiger partial charge on any atom is -0.362 e. The van der Waals surface area contributed by atoms with Crippen molar-refractivity contribution >= 4 is 11.6 Å². The molecule has 0 saturated heterocycles. The molecule has 0 aromatic carbocycles. The Bertz CT molecular complexity index is 635. The van der Waals surface area contributed by atoms with Crippen LogP contribution in [-0.4, -0.2) is 44.9 Å². The van der Waals surface area contributed by atoms with Crippen molar-refractivity contribution in [3.8, 4) is 0 Å². The third kappa shape index (κ3) is 3.29. The van der Waals surface area contributed by atoms with Crippen molar-refractivity contribution in [2.45, 2.75) is 31.5 Å². The molecular formula is C12H10F5N3O3. The van der Waals surface area contributed by atoms with Gasteiger partial charge in [0.05, 0.1) is 5.56 Å². The molecule has 1 aliphatic rings. The van der Waals surface area contributed by atoms with E-state index in [4.69, 9.17) is 0 Å². The molecule has 1 aromatic heterocycles. The number of carbonyl (C=O) groups is 1. The number of ether oxygens (including phenoxy) is 1. The van der Waals surface area contributed by atoms with Crippen molar-refractivity contribution in [2.24, 2.45) is 5.10 Å². The molecule has 126 valence electrons. The smallest absolute Gasteiger partial charge is 0.362 e. The van der Waals surface area contributed by atoms with Crippen LogP contribution in [-0.2, 0) is 4.74 Å². The molecule has 0 spiro atoms. The lowest BCUT2D eigenvalue weighted by atomic mass is 10.1. The van der Waals surface area contributed by atoms with Gasteiger partial charge in [-0.1, -0.05) is 0 Å². The van der Waals surface area contributed by atoms with E-state index >= 15 is 0 Å². The lowest BCUT2D eigenvalue weighted by Crippen LogP contribution is -2.61. The van der Waals surface area contributed by atoms with Crippen LogP contribution in [0.15, 0.2) is 29.6 Å². The molecule has 1 atom stereocenters. The summed E-state index contributed by atoms with van der Waals surface area (Å²) in [5.74, 6) is -1.25. The van der Waals surface area contributed by atoms with Crippen LogP contribution in [0.2, 0.25) is 0 Å². The second-order valence-corrected chi connectivity index (χ2v) is 4.75. The Kier molecular flexibility index (Phi) is 4.11. The topological polar surface area (TPSA) is 75.0 Å². The second kappa shape index (κ2) is 5.49. The molecule has 1 aromatic rings. The molecule has 2 heterocycles. The summed E-state index contributed by atoms with van der Waals surface area (Å²) in [6, 6.07) is 2.49. The summed E-state index contributed by atoms with van der Waals surface area (Å²) < 4.78 is 66.9. The molecule has 0 aliphatic carbocycles. The molecule has 0 radical (unpaired) electrons. The van der Waals surface area contributed by atoms with Crippen LogP contribution in [0, 0.1) is 0 Å². The molecule has 23 heavy (non-hydrogen) atoms. The number of nitrogens with zero attached hydrogens (tertiary/aromatic N) is 3. The lowest BCUT2D eigenvalue weighted by Gasteiger charge is -2.36. The monoisotopic (exact) mass is 339 g/mol. The molecule has 0 saturated carbocycles. The maximum absolute atomic E-state index is 13.8. The predicted octanol–water partition coefficient (Wildman–Crippen LogP) is 2.12. The quantitative estimate of drug-likeness (QED) is 0.856. The zero-order valence-electron chi connectivity index (χ0n) is 11.5. The van der Waals surface area contributed by atoms with Gasteiger partial charge in [-0.2, -0.15) is 18.9 Å². The fraction of sp³-hybridized carbons (Fsp3) is 0.417. The molecule has 1 amide bonds. The molecule has 1 N–H and O–H groups in total. The number of alkyl halides is 5. The molecule has 0 fully saturated rings. The second-order valence-electron chi connectivity index (χ2n) is 4.75. The Morgan fingerprint density at radius 3 is 2.57 bits per heavy atom. The fourth-order valence-corrected chi connectivity index (χ4v) is 2.00. The maximum atomic E-state index is 13.8. The largest absolute Gasteiger partial charge is 0.527 e. The van der Waals surface area contributed by atoms with E-state index in [-0.39, 0.29) is 16.3 Å². The van der Waals surface area contributed by atoms with Crippen molar-refractivity contribution < 1.29 is 36.6 Å². The summed E-state index contributed by atoms with van der Waals surface area (Å²) in [6.45, 7) is 1.17. The summed E-state index contributed by atoms with van der Waals surface area (Å²) in [5, 5.41) is 13.3. The van der Waals surface area contributed by atoms with E-state index in [1.54, 1.807) is 0 Å². The van der Waals surface area contributed by atoms with Gasteiger partial charge < -0.3 is 5.11 Å². The van der Waals surface area contributed by atoms with E-state index in [2.05, 4.69) is 14.8 Å². The first-order valence-corrected chi connectivity index (χ1v) is 6.12. The molecule has 1 unspecified atom stereocenters. The highest BCUT2D eigenvalue weighted by Gasteiger charge is 2.66. The van der Waals surface area contributed by atoms with Crippen LogP contribution >= 0.6 is 0 Å². The summed E-state index contributed by atoms with van der Waals surface area (Å²) in [4.78, 5) is 15.8. The average molecular weight is 339 g/mol. The van der Waals surface area contributed by atoms with Crippen molar-refractivity contribution in [2.75, 3.05) is 0 Å². The van der Waals surface area contributed by atoms with Gasteiger partial charge in [0.15, 0.2) is 0 Å². The first-order chi connectivity index (χ1) is 10.5. The number of hydrazone groups is 1. The number of hydrogen-bond donors (Lipinski definition) is 1. The summed E-state index contributed by atoms with van der Waals surface area (Å²) in [5.41, 5.74) is -4.03. The summed E-state index contributed by atoms with van der Waals surface area (Å²) in [7, 11) is 0. The van der Waals surface area contributed by atoms with Crippen molar-refractivity contribution in [3.63, 3.8) is 0 Å². The van der Waals surface area contributed by atoms with Gasteiger partial charge in [-0.25, -0.2) is 4.74 Å². The van der Waals surface area contributed by atoms with Gasteiger partial charge in [0.1, 0.15) is 0 Å². The zero-order chi connectivity index (χ0) is 17.5. The first kappa shape index (κ1) is 17.2. The zero-order valence-corrected chi connectivity index (χ0v) is 11.5. The number of pyridine rings is 1. The van der Waals surface area contributed by atoms with Gasteiger partial charge >= 0.3 is 12.5 Å². The van der Waals surface area contributed by atoms with Crippen LogP contribution in [0.5, 0.6) is 0 Å². The minimum absolute atomic E-state index is 0.120. The number of halogens is 5. The standard InChI is InChI=1S/C12H10F5N3O3/c1-7-5-10(22,11(13,14)23-12(15,16)17)20(19-7)9(21)8-3-2-4-18-6-8/h2-4,6,22H,5H2,1H3. The van der Waals surface area contributed by atoms with Crippen LogP contribution in [0.4, 0.5) is 22.0 Å². The van der Waals surface area contributed by atoms with E-state index < -0.39 is 30.5 Å². The number of rotatable bonds is 3. The highest BCUT2D eigenvalue weighted by atomic mass is 19.4. The Morgan fingerprint density at radius 1 is 1.39 bits per heavy atom. The van der Waals surface area contributed by atoms with Crippen LogP contribution < -0.4 is 0 Å². The lowest BCUT2D eigenvalue weighted by molar-refractivity contribution is -0.468. The van der Waals surface area contributed by atoms with Gasteiger partial charge in [-0.3, -0.25) is 9.78 Å². The van der Waals surface area contributed by atoms with Gasteiger partial charge in [-0.05, 0) is 19.1 Å². The molecule has 6 nitrogen and oxygen atoms in total. The molecular weight excluding hydrogens is 329 g/mol. The third-order valence-electron chi connectivity index (χ3n) is 2.93. The van der Waals surface area contributed by atoms with Gasteiger partial charge in [0.25, 0.3) is 11.6 Å². The van der Waals surface area contributed by atoms with E-state index in [1.807, 2.05) is 0 Å². The molecule has 0 bridgehead atoms. The Balaban J connectivity index is 2.39. The van der Waals surface area contributed by atoms with Crippen molar-refractivity contribution in [1.29, 1.82) is 0 Å². The van der Waals surface area contributed by atoms with Crippen LogP contribution in [0.3, 0.4) is 0 Å². The van der Waals surface area contributed by atoms with Gasteiger partial charge in [0.2, 0.25) is 0 Å². The minimum atomic E-state index is -5.72. The van der Waals surface area contributed by atoms with Crippen LogP contribution in [0.25, 0.3) is 0 Å². The average Bonchev–Trinajstić information content (AvgIpc) is 2.73. The van der Waals surface area contributed by atoms with E-state index in [9.17, 15) is 31.9 Å². The van der Waals surface area contributed by atoms with Gasteiger partial charge in [0, 0.05) is 24.5 Å². The molecule has 11 heteroatoms. The SMILES string of the molecule is CC1=NN(C(=O)c2cccnc2)C(O)(C(F)(F)OC(F)(F)F)C1. The van der Waals surface area contributed by atoms with E-state index in [0.717, 1.165) is 6.20 Å². The normalized spacial score (nSPS) is 22.2. The van der Waals surface area contributed by atoms with E-state index in [0.29, 0.717) is 0 Å². The molecule has 2 rings (SSSR count). The number of carbonyl (C=O) groups excluding carboxylic acids is 1. The number of aliphatic hydroxyl groups is 1.